The fourth-order valence-corrected chi connectivity index (χ4v) is 3.24. The van der Waals surface area contributed by atoms with Gasteiger partial charge in [-0.1, -0.05) is 26.2 Å². The monoisotopic (exact) mass is 299 g/mol. The second kappa shape index (κ2) is 5.25. The number of carbonyl (C=O) groups is 1. The third kappa shape index (κ3) is 2.73. The van der Waals surface area contributed by atoms with Crippen LogP contribution in [0.4, 0.5) is 0 Å². The summed E-state index contributed by atoms with van der Waals surface area (Å²) >= 11 is 3.37. The standard InChI is InChI=1S/C13H18BrNO2/c1-2-9-4-3-5-11(6-9)15-8-10(14)7-12(15)13(16)17/h7-9,11H,2-6H2,1H3,(H,16,17). The van der Waals surface area contributed by atoms with Gasteiger partial charge in [0.2, 0.25) is 0 Å². The van der Waals surface area contributed by atoms with E-state index in [1.165, 1.54) is 19.3 Å². The summed E-state index contributed by atoms with van der Waals surface area (Å²) in [5.74, 6) is -0.0918. The summed E-state index contributed by atoms with van der Waals surface area (Å²) in [4.78, 5) is 11.2. The van der Waals surface area contributed by atoms with Crippen LogP contribution < -0.4 is 0 Å². The van der Waals surface area contributed by atoms with Gasteiger partial charge in [0.25, 0.3) is 0 Å². The van der Waals surface area contributed by atoms with Crippen molar-refractivity contribution in [2.45, 2.75) is 45.1 Å². The van der Waals surface area contributed by atoms with Crippen LogP contribution in [0.25, 0.3) is 0 Å². The van der Waals surface area contributed by atoms with Gasteiger partial charge in [-0.15, -0.1) is 0 Å². The van der Waals surface area contributed by atoms with Crippen molar-refractivity contribution in [2.75, 3.05) is 0 Å². The molecule has 0 aromatic carbocycles. The van der Waals surface area contributed by atoms with E-state index in [4.69, 9.17) is 0 Å². The van der Waals surface area contributed by atoms with Crippen LogP contribution >= 0.6 is 15.9 Å². The average Bonchev–Trinajstić information content (AvgIpc) is 2.72. The predicted molar refractivity (Wildman–Crippen MR) is 70.4 cm³/mol. The lowest BCUT2D eigenvalue weighted by atomic mass is 9.84. The maximum absolute atomic E-state index is 11.2. The predicted octanol–water partition coefficient (Wildman–Crippen LogP) is 4.09. The Morgan fingerprint density at radius 1 is 1.59 bits per heavy atom. The highest BCUT2D eigenvalue weighted by molar-refractivity contribution is 9.10. The number of carboxylic acid groups (broad SMARTS) is 1. The maximum Gasteiger partial charge on any atom is 0.352 e. The number of hydrogen-bond donors (Lipinski definition) is 1. The van der Waals surface area contributed by atoms with Crippen molar-refractivity contribution in [1.29, 1.82) is 0 Å². The van der Waals surface area contributed by atoms with Crippen molar-refractivity contribution in [2.24, 2.45) is 5.92 Å². The Kier molecular flexibility index (Phi) is 3.92. The maximum atomic E-state index is 11.2. The summed E-state index contributed by atoms with van der Waals surface area (Å²) in [6.07, 6.45) is 7.80. The lowest BCUT2D eigenvalue weighted by Crippen LogP contribution is -2.21. The molecule has 17 heavy (non-hydrogen) atoms. The van der Waals surface area contributed by atoms with Crippen molar-refractivity contribution < 1.29 is 9.90 Å². The van der Waals surface area contributed by atoms with E-state index in [1.807, 2.05) is 10.8 Å². The second-order valence-electron chi connectivity index (χ2n) is 4.85. The molecule has 4 heteroatoms. The molecular formula is C13H18BrNO2. The molecule has 1 heterocycles. The average molecular weight is 300 g/mol. The number of carboxylic acids is 1. The zero-order valence-corrected chi connectivity index (χ0v) is 11.6. The molecule has 2 atom stereocenters. The summed E-state index contributed by atoms with van der Waals surface area (Å²) in [6, 6.07) is 2.05. The van der Waals surface area contributed by atoms with E-state index >= 15 is 0 Å². The molecular weight excluding hydrogens is 282 g/mol. The van der Waals surface area contributed by atoms with Crippen molar-refractivity contribution >= 4 is 21.9 Å². The SMILES string of the molecule is CCC1CCCC(n2cc(Br)cc2C(=O)O)C1. The van der Waals surface area contributed by atoms with Crippen LogP contribution in [-0.2, 0) is 0 Å². The molecule has 0 spiro atoms. The Morgan fingerprint density at radius 3 is 3.00 bits per heavy atom. The quantitative estimate of drug-likeness (QED) is 0.913. The van der Waals surface area contributed by atoms with Crippen LogP contribution in [-0.4, -0.2) is 15.6 Å². The minimum Gasteiger partial charge on any atom is -0.477 e. The molecule has 94 valence electrons. The molecule has 0 amide bonds. The highest BCUT2D eigenvalue weighted by atomic mass is 79.9. The van der Waals surface area contributed by atoms with E-state index in [1.54, 1.807) is 6.07 Å². The number of halogens is 1. The third-order valence-corrected chi connectivity index (χ3v) is 4.19. The van der Waals surface area contributed by atoms with Crippen molar-refractivity contribution in [3.05, 3.63) is 22.4 Å². The van der Waals surface area contributed by atoms with Crippen molar-refractivity contribution in [1.82, 2.24) is 4.57 Å². The highest BCUT2D eigenvalue weighted by Crippen LogP contribution is 2.36. The van der Waals surface area contributed by atoms with Gasteiger partial charge in [0.05, 0.1) is 0 Å². The van der Waals surface area contributed by atoms with E-state index in [0.29, 0.717) is 11.7 Å². The van der Waals surface area contributed by atoms with Crippen molar-refractivity contribution in [3.8, 4) is 0 Å². The molecule has 1 saturated carbocycles. The molecule has 2 unspecified atom stereocenters. The number of rotatable bonds is 3. The van der Waals surface area contributed by atoms with Gasteiger partial charge in [-0.3, -0.25) is 0 Å². The van der Waals surface area contributed by atoms with Crippen LogP contribution in [0.15, 0.2) is 16.7 Å². The molecule has 1 fully saturated rings. The van der Waals surface area contributed by atoms with Gasteiger partial charge in [-0.2, -0.15) is 0 Å². The summed E-state index contributed by atoms with van der Waals surface area (Å²) in [7, 11) is 0. The normalized spacial score (nSPS) is 24.8. The Balaban J connectivity index is 2.23. The summed E-state index contributed by atoms with van der Waals surface area (Å²) in [5.41, 5.74) is 0.402. The molecule has 0 aliphatic heterocycles. The fraction of sp³-hybridized carbons (Fsp3) is 0.615. The molecule has 0 bridgehead atoms. The first kappa shape index (κ1) is 12.7. The molecule has 1 aromatic heterocycles. The number of hydrogen-bond acceptors (Lipinski definition) is 1. The zero-order chi connectivity index (χ0) is 12.4. The first-order chi connectivity index (χ1) is 8.11. The summed E-state index contributed by atoms with van der Waals surface area (Å²) in [5, 5.41) is 9.19. The molecule has 0 saturated heterocycles. The molecule has 3 nitrogen and oxygen atoms in total. The van der Waals surface area contributed by atoms with Crippen LogP contribution in [0.1, 0.15) is 55.6 Å². The van der Waals surface area contributed by atoms with Gasteiger partial charge in [0.15, 0.2) is 0 Å². The summed E-state index contributed by atoms with van der Waals surface area (Å²) in [6.45, 7) is 2.22. The first-order valence-electron chi connectivity index (χ1n) is 6.22. The molecule has 1 aromatic rings. The molecule has 0 radical (unpaired) electrons. The minimum atomic E-state index is -0.839. The Bertz CT molecular complexity index is 414. The van der Waals surface area contributed by atoms with Gasteiger partial charge in [0.1, 0.15) is 5.69 Å². The van der Waals surface area contributed by atoms with Gasteiger partial charge in [-0.25, -0.2) is 4.79 Å². The number of aromatic nitrogens is 1. The van der Waals surface area contributed by atoms with Gasteiger partial charge < -0.3 is 9.67 Å². The number of aromatic carboxylic acids is 1. The van der Waals surface area contributed by atoms with E-state index in [-0.39, 0.29) is 0 Å². The van der Waals surface area contributed by atoms with E-state index in [0.717, 1.165) is 23.2 Å². The van der Waals surface area contributed by atoms with E-state index in [9.17, 15) is 9.90 Å². The van der Waals surface area contributed by atoms with Gasteiger partial charge in [-0.05, 0) is 40.8 Å². The topological polar surface area (TPSA) is 42.2 Å². The second-order valence-corrected chi connectivity index (χ2v) is 5.77. The Morgan fingerprint density at radius 2 is 2.35 bits per heavy atom. The first-order valence-corrected chi connectivity index (χ1v) is 7.01. The minimum absolute atomic E-state index is 0.353. The molecule has 1 aliphatic rings. The molecule has 2 rings (SSSR count). The molecule has 1 N–H and O–H groups in total. The molecule has 1 aliphatic carbocycles. The third-order valence-electron chi connectivity index (χ3n) is 3.76. The summed E-state index contributed by atoms with van der Waals surface area (Å²) < 4.78 is 2.79. The number of nitrogens with zero attached hydrogens (tertiary/aromatic N) is 1. The van der Waals surface area contributed by atoms with Crippen LogP contribution in [0.3, 0.4) is 0 Å². The van der Waals surface area contributed by atoms with Crippen LogP contribution in [0.2, 0.25) is 0 Å². The van der Waals surface area contributed by atoms with Crippen LogP contribution in [0.5, 0.6) is 0 Å². The van der Waals surface area contributed by atoms with Gasteiger partial charge in [0, 0.05) is 16.7 Å². The van der Waals surface area contributed by atoms with Crippen LogP contribution in [0, 0.1) is 5.92 Å². The Labute approximate surface area is 110 Å². The highest BCUT2D eigenvalue weighted by Gasteiger charge is 2.25. The van der Waals surface area contributed by atoms with E-state index in [2.05, 4.69) is 22.9 Å². The largest absolute Gasteiger partial charge is 0.477 e. The zero-order valence-electron chi connectivity index (χ0n) is 10.0. The lowest BCUT2D eigenvalue weighted by molar-refractivity contribution is 0.0679. The Hall–Kier alpha value is -0.770. The van der Waals surface area contributed by atoms with E-state index < -0.39 is 5.97 Å². The van der Waals surface area contributed by atoms with Gasteiger partial charge >= 0.3 is 5.97 Å². The fourth-order valence-electron chi connectivity index (χ4n) is 2.81. The lowest BCUT2D eigenvalue weighted by Gasteiger charge is -2.30. The van der Waals surface area contributed by atoms with Crippen molar-refractivity contribution in [3.63, 3.8) is 0 Å². The smallest absolute Gasteiger partial charge is 0.352 e.